The lowest BCUT2D eigenvalue weighted by molar-refractivity contribution is 0.122. The van der Waals surface area contributed by atoms with Crippen molar-refractivity contribution in [3.05, 3.63) is 66.4 Å². The number of halogens is 2. The molecule has 2 aromatic carbocycles. The normalized spacial score (nSPS) is 14.3. The molecule has 1 saturated heterocycles. The molecule has 0 atom stereocenters. The monoisotopic (exact) mass is 408 g/mol. The summed E-state index contributed by atoms with van der Waals surface area (Å²) in [4.78, 5) is 10.8. The van der Waals surface area contributed by atoms with Crippen LogP contribution >= 0.6 is 0 Å². The van der Waals surface area contributed by atoms with Gasteiger partial charge in [0.1, 0.15) is 11.6 Å². The van der Waals surface area contributed by atoms with Gasteiger partial charge in [-0.1, -0.05) is 12.1 Å². The fourth-order valence-corrected chi connectivity index (χ4v) is 3.44. The second-order valence-corrected chi connectivity index (χ2v) is 6.84. The minimum absolute atomic E-state index is 0.217. The number of fused-ring (bicyclic) bond motifs is 1. The number of morpholine rings is 1. The lowest BCUT2D eigenvalue weighted by atomic mass is 10.2. The second-order valence-electron chi connectivity index (χ2n) is 6.84. The van der Waals surface area contributed by atoms with Gasteiger partial charge in [0.25, 0.3) is 0 Å². The number of aromatic nitrogens is 4. The average molecular weight is 408 g/mol. The predicted molar refractivity (Wildman–Crippen MR) is 109 cm³/mol. The number of hydrogen-bond acceptors (Lipinski definition) is 6. The average Bonchev–Trinajstić information content (AvgIpc) is 3.24. The number of anilines is 3. The zero-order valence-electron chi connectivity index (χ0n) is 15.9. The van der Waals surface area contributed by atoms with Crippen molar-refractivity contribution in [3.63, 3.8) is 0 Å². The molecule has 0 radical (unpaired) electrons. The van der Waals surface area contributed by atoms with Gasteiger partial charge in [-0.05, 0) is 30.3 Å². The van der Waals surface area contributed by atoms with Gasteiger partial charge in [0.05, 0.1) is 30.7 Å². The van der Waals surface area contributed by atoms with E-state index in [0.29, 0.717) is 49.3 Å². The maximum atomic E-state index is 14.8. The SMILES string of the molecule is Fc1ccccc1-c1nc(Nc2ccc(N3CCOCC3)c(F)c2)n2nccc2n1. The highest BCUT2D eigenvalue weighted by Gasteiger charge is 2.17. The van der Waals surface area contributed by atoms with Crippen molar-refractivity contribution in [2.75, 3.05) is 36.5 Å². The predicted octanol–water partition coefficient (Wildman–Crippen LogP) is 3.65. The lowest BCUT2D eigenvalue weighted by Crippen LogP contribution is -2.36. The smallest absolute Gasteiger partial charge is 0.232 e. The first kappa shape index (κ1) is 18.4. The number of hydrogen-bond donors (Lipinski definition) is 1. The van der Waals surface area contributed by atoms with Crippen LogP contribution in [0.25, 0.3) is 17.0 Å². The Balaban J connectivity index is 1.50. The fraction of sp³-hybridized carbons (Fsp3) is 0.190. The highest BCUT2D eigenvalue weighted by molar-refractivity contribution is 5.65. The van der Waals surface area contributed by atoms with Gasteiger partial charge in [0, 0.05) is 24.8 Å². The summed E-state index contributed by atoms with van der Waals surface area (Å²) in [6, 6.07) is 12.9. The van der Waals surface area contributed by atoms with Crippen molar-refractivity contribution in [2.24, 2.45) is 0 Å². The molecule has 9 heteroatoms. The highest BCUT2D eigenvalue weighted by Crippen LogP contribution is 2.27. The van der Waals surface area contributed by atoms with E-state index in [4.69, 9.17) is 4.74 Å². The molecule has 1 aliphatic heterocycles. The van der Waals surface area contributed by atoms with Crippen LogP contribution in [0.3, 0.4) is 0 Å². The van der Waals surface area contributed by atoms with Gasteiger partial charge >= 0.3 is 0 Å². The summed E-state index contributed by atoms with van der Waals surface area (Å²) in [5.74, 6) is -0.244. The molecule has 4 aromatic rings. The minimum Gasteiger partial charge on any atom is -0.378 e. The molecule has 0 spiro atoms. The van der Waals surface area contributed by atoms with Crippen LogP contribution in [0, 0.1) is 11.6 Å². The largest absolute Gasteiger partial charge is 0.378 e. The van der Waals surface area contributed by atoms with E-state index in [-0.39, 0.29) is 17.2 Å². The van der Waals surface area contributed by atoms with E-state index in [1.807, 2.05) is 4.90 Å². The minimum atomic E-state index is -0.423. The summed E-state index contributed by atoms with van der Waals surface area (Å²) in [5.41, 5.74) is 1.80. The van der Waals surface area contributed by atoms with Crippen LogP contribution in [0.1, 0.15) is 0 Å². The molecule has 7 nitrogen and oxygen atoms in total. The Morgan fingerprint density at radius 2 is 1.77 bits per heavy atom. The van der Waals surface area contributed by atoms with Gasteiger partial charge in [-0.2, -0.15) is 14.6 Å². The van der Waals surface area contributed by atoms with E-state index in [1.54, 1.807) is 42.6 Å². The van der Waals surface area contributed by atoms with Gasteiger partial charge in [0.2, 0.25) is 5.95 Å². The summed E-state index contributed by atoms with van der Waals surface area (Å²) < 4.78 is 35.8. The molecule has 3 heterocycles. The third-order valence-electron chi connectivity index (χ3n) is 4.93. The Kier molecular flexibility index (Phi) is 4.72. The Morgan fingerprint density at radius 1 is 0.933 bits per heavy atom. The Morgan fingerprint density at radius 3 is 2.57 bits per heavy atom. The van der Waals surface area contributed by atoms with E-state index < -0.39 is 5.82 Å². The van der Waals surface area contributed by atoms with Crippen LogP contribution in [0.5, 0.6) is 0 Å². The maximum Gasteiger partial charge on any atom is 0.232 e. The number of benzene rings is 2. The summed E-state index contributed by atoms with van der Waals surface area (Å²) in [5, 5.41) is 7.28. The molecule has 2 aromatic heterocycles. The summed E-state index contributed by atoms with van der Waals surface area (Å²) in [6.07, 6.45) is 1.57. The molecule has 0 saturated carbocycles. The van der Waals surface area contributed by atoms with Crippen LogP contribution in [0.2, 0.25) is 0 Å². The van der Waals surface area contributed by atoms with Crippen molar-refractivity contribution >= 4 is 23.0 Å². The molecule has 30 heavy (non-hydrogen) atoms. The third-order valence-corrected chi connectivity index (χ3v) is 4.93. The quantitative estimate of drug-likeness (QED) is 0.556. The van der Waals surface area contributed by atoms with Crippen molar-refractivity contribution in [2.45, 2.75) is 0 Å². The third kappa shape index (κ3) is 3.43. The van der Waals surface area contributed by atoms with Gasteiger partial charge in [-0.3, -0.25) is 0 Å². The van der Waals surface area contributed by atoms with Crippen LogP contribution in [0.4, 0.5) is 26.1 Å². The molecule has 0 bridgehead atoms. The first-order chi connectivity index (χ1) is 14.7. The van der Waals surface area contributed by atoms with Crippen LogP contribution < -0.4 is 10.2 Å². The van der Waals surface area contributed by atoms with E-state index in [0.717, 1.165) is 0 Å². The van der Waals surface area contributed by atoms with Crippen LogP contribution in [0.15, 0.2) is 54.7 Å². The zero-order chi connectivity index (χ0) is 20.5. The molecule has 152 valence electrons. The van der Waals surface area contributed by atoms with Gasteiger partial charge < -0.3 is 15.0 Å². The molecular formula is C21H18F2N6O. The number of rotatable bonds is 4. The fourth-order valence-electron chi connectivity index (χ4n) is 3.44. The topological polar surface area (TPSA) is 67.6 Å². The second kappa shape index (κ2) is 7.68. The molecule has 1 fully saturated rings. The Hall–Kier alpha value is -3.59. The molecule has 0 aliphatic carbocycles. The summed E-state index contributed by atoms with van der Waals surface area (Å²) >= 11 is 0. The van der Waals surface area contributed by atoms with E-state index in [9.17, 15) is 8.78 Å². The number of ether oxygens (including phenoxy) is 1. The molecule has 0 unspecified atom stereocenters. The first-order valence-corrected chi connectivity index (χ1v) is 9.55. The lowest BCUT2D eigenvalue weighted by Gasteiger charge is -2.29. The van der Waals surface area contributed by atoms with Crippen molar-refractivity contribution in [3.8, 4) is 11.4 Å². The maximum absolute atomic E-state index is 14.8. The Labute approximate surface area is 170 Å². The van der Waals surface area contributed by atoms with Crippen molar-refractivity contribution in [1.82, 2.24) is 19.6 Å². The van der Waals surface area contributed by atoms with Crippen molar-refractivity contribution < 1.29 is 13.5 Å². The van der Waals surface area contributed by atoms with Gasteiger partial charge in [-0.25, -0.2) is 13.8 Å². The molecular weight excluding hydrogens is 390 g/mol. The number of nitrogens with zero attached hydrogens (tertiary/aromatic N) is 5. The molecule has 5 rings (SSSR count). The van der Waals surface area contributed by atoms with Gasteiger partial charge in [-0.15, -0.1) is 0 Å². The van der Waals surface area contributed by atoms with E-state index in [2.05, 4.69) is 20.4 Å². The molecule has 1 N–H and O–H groups in total. The number of nitrogens with one attached hydrogen (secondary N) is 1. The van der Waals surface area contributed by atoms with Gasteiger partial charge in [0.15, 0.2) is 11.5 Å². The summed E-state index contributed by atoms with van der Waals surface area (Å²) in [7, 11) is 0. The molecule has 1 aliphatic rings. The first-order valence-electron chi connectivity index (χ1n) is 9.55. The Bertz CT molecular complexity index is 1210. The summed E-state index contributed by atoms with van der Waals surface area (Å²) in [6.45, 7) is 2.46. The standard InChI is InChI=1S/C21H18F2N6O/c22-16-4-2-1-3-15(16)20-26-19-7-8-24-29(19)21(27-20)25-14-5-6-18(17(23)13-14)28-9-11-30-12-10-28/h1-8,13H,9-12H2,(H,25,26,27). The van der Waals surface area contributed by atoms with Crippen LogP contribution in [-0.2, 0) is 4.74 Å². The zero-order valence-corrected chi connectivity index (χ0v) is 15.9. The highest BCUT2D eigenvalue weighted by atomic mass is 19.1. The van der Waals surface area contributed by atoms with Crippen LogP contribution in [-0.4, -0.2) is 45.9 Å². The molecule has 0 amide bonds. The van der Waals surface area contributed by atoms with Crippen molar-refractivity contribution in [1.29, 1.82) is 0 Å². The van der Waals surface area contributed by atoms with E-state index in [1.165, 1.54) is 16.6 Å². The van der Waals surface area contributed by atoms with E-state index >= 15 is 0 Å².